The summed E-state index contributed by atoms with van der Waals surface area (Å²) >= 11 is 11.1. The zero-order chi connectivity index (χ0) is 14.0. The molecule has 2 aromatic rings. The van der Waals surface area contributed by atoms with Crippen molar-refractivity contribution < 1.29 is 4.74 Å². The second-order valence-corrected chi connectivity index (χ2v) is 5.20. The number of aryl methyl sites for hydroxylation is 2. The molecule has 0 fully saturated rings. The van der Waals surface area contributed by atoms with Crippen LogP contribution in [0.3, 0.4) is 0 Å². The predicted octanol–water partition coefficient (Wildman–Crippen LogP) is 4.38. The highest BCUT2D eigenvalue weighted by atomic mass is 35.5. The smallest absolute Gasteiger partial charge is 0.139 e. The molecule has 2 nitrogen and oxygen atoms in total. The lowest BCUT2D eigenvalue weighted by atomic mass is 10.1. The molecule has 0 bridgehead atoms. The number of benzene rings is 2. The molecule has 4 heteroatoms. The van der Waals surface area contributed by atoms with Crippen LogP contribution in [0, 0.1) is 13.8 Å². The zero-order valence-corrected chi connectivity index (χ0v) is 12.3. The number of thiocarbonyl (C=S) groups is 1. The Morgan fingerprint density at radius 2 is 1.89 bits per heavy atom. The molecule has 0 saturated heterocycles. The van der Waals surface area contributed by atoms with E-state index < -0.39 is 0 Å². The lowest BCUT2D eigenvalue weighted by molar-refractivity contribution is 0.477. The Labute approximate surface area is 123 Å². The van der Waals surface area contributed by atoms with E-state index in [2.05, 4.69) is 0 Å². The number of hydrogen-bond acceptors (Lipinski definition) is 2. The molecule has 0 radical (unpaired) electrons. The van der Waals surface area contributed by atoms with Gasteiger partial charge in [0.05, 0.1) is 10.6 Å². The molecular formula is C15H14ClNOS. The van der Waals surface area contributed by atoms with Crippen molar-refractivity contribution >= 4 is 28.8 Å². The molecule has 98 valence electrons. The first-order valence-electron chi connectivity index (χ1n) is 5.82. The normalized spacial score (nSPS) is 10.3. The maximum Gasteiger partial charge on any atom is 0.139 e. The van der Waals surface area contributed by atoms with Gasteiger partial charge in [-0.25, -0.2) is 0 Å². The fourth-order valence-corrected chi connectivity index (χ4v) is 2.30. The van der Waals surface area contributed by atoms with Crippen molar-refractivity contribution in [3.05, 3.63) is 58.1 Å². The largest absolute Gasteiger partial charge is 0.456 e. The van der Waals surface area contributed by atoms with Crippen LogP contribution in [-0.2, 0) is 0 Å². The van der Waals surface area contributed by atoms with Gasteiger partial charge in [0.25, 0.3) is 0 Å². The number of rotatable bonds is 3. The molecule has 0 aliphatic carbocycles. The fraction of sp³-hybridized carbons (Fsp3) is 0.133. The topological polar surface area (TPSA) is 35.2 Å². The van der Waals surface area contributed by atoms with Gasteiger partial charge in [0.15, 0.2) is 0 Å². The van der Waals surface area contributed by atoms with Crippen LogP contribution in [0.5, 0.6) is 11.5 Å². The minimum absolute atomic E-state index is 0.228. The third-order valence-electron chi connectivity index (χ3n) is 2.79. The van der Waals surface area contributed by atoms with Crippen LogP contribution in [0.15, 0.2) is 36.4 Å². The molecule has 0 aliphatic heterocycles. The third-order valence-corrected chi connectivity index (χ3v) is 3.30. The van der Waals surface area contributed by atoms with E-state index in [1.807, 2.05) is 44.2 Å². The molecule has 0 aliphatic rings. The second-order valence-electron chi connectivity index (χ2n) is 4.35. The Morgan fingerprint density at radius 3 is 2.58 bits per heavy atom. The molecule has 0 heterocycles. The molecule has 0 atom stereocenters. The van der Waals surface area contributed by atoms with Crippen molar-refractivity contribution in [3.63, 3.8) is 0 Å². The SMILES string of the molecule is Cc1ccc(C)c(Oc2cccc(Cl)c2C(N)=S)c1. The zero-order valence-electron chi connectivity index (χ0n) is 10.7. The quantitative estimate of drug-likeness (QED) is 0.852. The fourth-order valence-electron chi connectivity index (χ4n) is 1.76. The van der Waals surface area contributed by atoms with Crippen LogP contribution in [0.25, 0.3) is 0 Å². The van der Waals surface area contributed by atoms with Crippen LogP contribution >= 0.6 is 23.8 Å². The van der Waals surface area contributed by atoms with E-state index in [0.717, 1.165) is 16.9 Å². The predicted molar refractivity (Wildman–Crippen MR) is 83.3 cm³/mol. The first kappa shape index (κ1) is 13.8. The molecule has 2 aromatic carbocycles. The van der Waals surface area contributed by atoms with Gasteiger partial charge in [0.1, 0.15) is 16.5 Å². The summed E-state index contributed by atoms with van der Waals surface area (Å²) in [7, 11) is 0. The first-order valence-corrected chi connectivity index (χ1v) is 6.61. The maximum atomic E-state index is 6.11. The minimum Gasteiger partial charge on any atom is -0.456 e. The highest BCUT2D eigenvalue weighted by molar-refractivity contribution is 7.80. The molecule has 2 N–H and O–H groups in total. The van der Waals surface area contributed by atoms with E-state index in [4.69, 9.17) is 34.3 Å². The van der Waals surface area contributed by atoms with Crippen molar-refractivity contribution in [2.45, 2.75) is 13.8 Å². The highest BCUT2D eigenvalue weighted by Crippen LogP contribution is 2.32. The summed E-state index contributed by atoms with van der Waals surface area (Å²) in [5, 5.41) is 0.496. The lowest BCUT2D eigenvalue weighted by Gasteiger charge is -2.13. The van der Waals surface area contributed by atoms with Gasteiger partial charge in [-0.3, -0.25) is 0 Å². The van der Waals surface area contributed by atoms with Gasteiger partial charge in [-0.1, -0.05) is 42.0 Å². The summed E-state index contributed by atoms with van der Waals surface area (Å²) in [5.41, 5.74) is 8.44. The van der Waals surface area contributed by atoms with Gasteiger partial charge >= 0.3 is 0 Å². The average molecular weight is 292 g/mol. The summed E-state index contributed by atoms with van der Waals surface area (Å²) < 4.78 is 5.91. The Balaban J connectivity index is 2.46. The van der Waals surface area contributed by atoms with E-state index >= 15 is 0 Å². The standard InChI is InChI=1S/C15H14ClNOS/c1-9-6-7-10(2)13(8-9)18-12-5-3-4-11(16)14(12)15(17)19/h3-8H,1-2H3,(H2,17,19). The summed E-state index contributed by atoms with van der Waals surface area (Å²) in [4.78, 5) is 0.228. The van der Waals surface area contributed by atoms with Gasteiger partial charge < -0.3 is 10.5 Å². The minimum atomic E-state index is 0.228. The average Bonchev–Trinajstić information content (AvgIpc) is 2.33. The van der Waals surface area contributed by atoms with Gasteiger partial charge in [-0.15, -0.1) is 0 Å². The van der Waals surface area contributed by atoms with Crippen LogP contribution in [0.4, 0.5) is 0 Å². The van der Waals surface area contributed by atoms with Crippen molar-refractivity contribution in [1.82, 2.24) is 0 Å². The monoisotopic (exact) mass is 291 g/mol. The Kier molecular flexibility index (Phi) is 4.08. The molecule has 0 saturated carbocycles. The van der Waals surface area contributed by atoms with Crippen LogP contribution < -0.4 is 10.5 Å². The van der Waals surface area contributed by atoms with Crippen molar-refractivity contribution in [3.8, 4) is 11.5 Å². The number of hydrogen-bond donors (Lipinski definition) is 1. The van der Waals surface area contributed by atoms with Crippen molar-refractivity contribution in [1.29, 1.82) is 0 Å². The van der Waals surface area contributed by atoms with Crippen LogP contribution in [-0.4, -0.2) is 4.99 Å². The van der Waals surface area contributed by atoms with Gasteiger partial charge in [-0.05, 0) is 43.2 Å². The highest BCUT2D eigenvalue weighted by Gasteiger charge is 2.12. The van der Waals surface area contributed by atoms with Gasteiger partial charge in [-0.2, -0.15) is 0 Å². The van der Waals surface area contributed by atoms with Gasteiger partial charge in [0.2, 0.25) is 0 Å². The molecule has 0 aromatic heterocycles. The Morgan fingerprint density at radius 1 is 1.16 bits per heavy atom. The van der Waals surface area contributed by atoms with Gasteiger partial charge in [0, 0.05) is 0 Å². The Bertz CT molecular complexity index is 640. The van der Waals surface area contributed by atoms with E-state index in [1.54, 1.807) is 6.07 Å². The summed E-state index contributed by atoms with van der Waals surface area (Å²) in [5.74, 6) is 1.36. The molecule has 2 rings (SSSR count). The maximum absolute atomic E-state index is 6.11. The molecular weight excluding hydrogens is 278 g/mol. The van der Waals surface area contributed by atoms with Crippen molar-refractivity contribution in [2.24, 2.45) is 5.73 Å². The lowest BCUT2D eigenvalue weighted by Crippen LogP contribution is -2.11. The molecule has 19 heavy (non-hydrogen) atoms. The molecule has 0 unspecified atom stereocenters. The summed E-state index contributed by atoms with van der Waals surface area (Å²) in [6, 6.07) is 11.4. The van der Waals surface area contributed by atoms with E-state index in [1.165, 1.54) is 0 Å². The van der Waals surface area contributed by atoms with Crippen LogP contribution in [0.2, 0.25) is 5.02 Å². The first-order chi connectivity index (χ1) is 8.99. The van der Waals surface area contributed by atoms with E-state index in [9.17, 15) is 0 Å². The second kappa shape index (κ2) is 5.59. The van der Waals surface area contributed by atoms with Crippen molar-refractivity contribution in [2.75, 3.05) is 0 Å². The number of ether oxygens (including phenoxy) is 1. The summed E-state index contributed by atoms with van der Waals surface area (Å²) in [6.45, 7) is 4.00. The van der Waals surface area contributed by atoms with Crippen LogP contribution in [0.1, 0.15) is 16.7 Å². The summed E-state index contributed by atoms with van der Waals surface area (Å²) in [6.07, 6.45) is 0. The Hall–Kier alpha value is -1.58. The number of halogens is 1. The number of nitrogens with two attached hydrogens (primary N) is 1. The third kappa shape index (κ3) is 3.06. The molecule has 0 amide bonds. The van der Waals surface area contributed by atoms with E-state index in [0.29, 0.717) is 16.3 Å². The van der Waals surface area contributed by atoms with E-state index in [-0.39, 0.29) is 4.99 Å². The molecule has 0 spiro atoms.